The van der Waals surface area contributed by atoms with Crippen LogP contribution in [0.4, 0.5) is 0 Å². The lowest BCUT2D eigenvalue weighted by molar-refractivity contribution is -0.138. The van der Waals surface area contributed by atoms with Gasteiger partial charge in [-0.3, -0.25) is 9.69 Å². The molecule has 0 aliphatic carbocycles. The normalized spacial score (nSPS) is 11.1. The standard InChI is InChI=1S/C26H49NO2/c1-3-5-7-9-11-13-15-17-19-21-23-27(25-26(28)29)24-22-20-18-16-14-12-10-8-6-4-2/h3-4H,1-2,5-25H2,(H,28,29). The van der Waals surface area contributed by atoms with Crippen LogP contribution in [0.2, 0.25) is 0 Å². The second-order valence-corrected chi connectivity index (χ2v) is 8.48. The molecular weight excluding hydrogens is 358 g/mol. The lowest BCUT2D eigenvalue weighted by Gasteiger charge is -2.20. The smallest absolute Gasteiger partial charge is 0.317 e. The average molecular weight is 408 g/mol. The maximum Gasteiger partial charge on any atom is 0.317 e. The SMILES string of the molecule is C=CCCCCCCCCCCN(CCCCCCCCCCC=C)CC(=O)O. The van der Waals surface area contributed by atoms with Gasteiger partial charge in [0.15, 0.2) is 0 Å². The molecule has 3 nitrogen and oxygen atoms in total. The van der Waals surface area contributed by atoms with E-state index in [9.17, 15) is 4.79 Å². The number of hydrogen-bond donors (Lipinski definition) is 1. The molecular formula is C26H49NO2. The van der Waals surface area contributed by atoms with Crippen molar-refractivity contribution in [3.63, 3.8) is 0 Å². The van der Waals surface area contributed by atoms with Crippen molar-refractivity contribution in [3.8, 4) is 0 Å². The van der Waals surface area contributed by atoms with E-state index < -0.39 is 5.97 Å². The molecule has 0 aliphatic heterocycles. The van der Waals surface area contributed by atoms with Crippen LogP contribution in [-0.4, -0.2) is 35.6 Å². The Morgan fingerprint density at radius 1 is 0.586 bits per heavy atom. The van der Waals surface area contributed by atoms with E-state index in [0.29, 0.717) is 0 Å². The lowest BCUT2D eigenvalue weighted by Crippen LogP contribution is -2.31. The van der Waals surface area contributed by atoms with Crippen molar-refractivity contribution in [3.05, 3.63) is 25.3 Å². The zero-order valence-electron chi connectivity index (χ0n) is 19.2. The van der Waals surface area contributed by atoms with Crippen molar-refractivity contribution < 1.29 is 9.90 Å². The highest BCUT2D eigenvalue weighted by molar-refractivity contribution is 5.69. The highest BCUT2D eigenvalue weighted by Gasteiger charge is 2.08. The average Bonchev–Trinajstić information content (AvgIpc) is 2.70. The van der Waals surface area contributed by atoms with Crippen LogP contribution in [-0.2, 0) is 4.79 Å². The zero-order chi connectivity index (χ0) is 21.4. The van der Waals surface area contributed by atoms with E-state index in [4.69, 9.17) is 5.11 Å². The summed E-state index contributed by atoms with van der Waals surface area (Å²) < 4.78 is 0. The molecule has 0 aromatic heterocycles. The molecule has 0 radical (unpaired) electrons. The van der Waals surface area contributed by atoms with Crippen LogP contribution in [0.3, 0.4) is 0 Å². The second-order valence-electron chi connectivity index (χ2n) is 8.48. The molecule has 29 heavy (non-hydrogen) atoms. The summed E-state index contributed by atoms with van der Waals surface area (Å²) in [4.78, 5) is 13.3. The number of carbonyl (C=O) groups is 1. The molecule has 0 aliphatic rings. The predicted molar refractivity (Wildman–Crippen MR) is 128 cm³/mol. The van der Waals surface area contributed by atoms with Gasteiger partial charge >= 0.3 is 5.97 Å². The van der Waals surface area contributed by atoms with Gasteiger partial charge in [-0.25, -0.2) is 0 Å². The second kappa shape index (κ2) is 23.2. The number of aliphatic carboxylic acids is 1. The van der Waals surface area contributed by atoms with Crippen LogP contribution in [0, 0.1) is 0 Å². The van der Waals surface area contributed by atoms with Crippen molar-refractivity contribution in [2.45, 2.75) is 116 Å². The lowest BCUT2D eigenvalue weighted by atomic mass is 10.1. The number of nitrogens with zero attached hydrogens (tertiary/aromatic N) is 1. The van der Waals surface area contributed by atoms with E-state index in [0.717, 1.165) is 38.8 Å². The first-order valence-corrected chi connectivity index (χ1v) is 12.4. The van der Waals surface area contributed by atoms with Gasteiger partial charge in [-0.1, -0.05) is 89.2 Å². The van der Waals surface area contributed by atoms with Gasteiger partial charge in [0.05, 0.1) is 6.54 Å². The summed E-state index contributed by atoms with van der Waals surface area (Å²) in [6.07, 6.45) is 26.8. The molecule has 0 amide bonds. The minimum Gasteiger partial charge on any atom is -0.480 e. The first-order valence-electron chi connectivity index (χ1n) is 12.4. The largest absolute Gasteiger partial charge is 0.480 e. The maximum absolute atomic E-state index is 11.1. The monoisotopic (exact) mass is 407 g/mol. The van der Waals surface area contributed by atoms with Gasteiger partial charge < -0.3 is 5.11 Å². The Balaban J connectivity index is 3.58. The van der Waals surface area contributed by atoms with Gasteiger partial charge in [-0.2, -0.15) is 0 Å². The zero-order valence-corrected chi connectivity index (χ0v) is 19.2. The summed E-state index contributed by atoms with van der Waals surface area (Å²) >= 11 is 0. The first-order chi connectivity index (χ1) is 14.2. The van der Waals surface area contributed by atoms with Crippen LogP contribution in [0.5, 0.6) is 0 Å². The Morgan fingerprint density at radius 2 is 0.897 bits per heavy atom. The third kappa shape index (κ3) is 23.1. The molecule has 3 heteroatoms. The van der Waals surface area contributed by atoms with E-state index in [2.05, 4.69) is 18.1 Å². The maximum atomic E-state index is 11.1. The topological polar surface area (TPSA) is 40.5 Å². The van der Waals surface area contributed by atoms with Crippen molar-refractivity contribution in [1.29, 1.82) is 0 Å². The van der Waals surface area contributed by atoms with Gasteiger partial charge in [0.2, 0.25) is 0 Å². The molecule has 0 heterocycles. The fourth-order valence-corrected chi connectivity index (χ4v) is 3.83. The fourth-order valence-electron chi connectivity index (χ4n) is 3.83. The van der Waals surface area contributed by atoms with Crippen LogP contribution in [0.15, 0.2) is 25.3 Å². The molecule has 170 valence electrons. The predicted octanol–water partition coefficient (Wildman–Crippen LogP) is 7.77. The van der Waals surface area contributed by atoms with Crippen LogP contribution < -0.4 is 0 Å². The number of hydrogen-bond acceptors (Lipinski definition) is 2. The van der Waals surface area contributed by atoms with Gasteiger partial charge in [0.25, 0.3) is 0 Å². The molecule has 0 fully saturated rings. The van der Waals surface area contributed by atoms with Gasteiger partial charge in [0, 0.05) is 0 Å². The molecule has 0 aromatic rings. The number of unbranched alkanes of at least 4 members (excludes halogenated alkanes) is 16. The summed E-state index contributed by atoms with van der Waals surface area (Å²) in [5.74, 6) is -0.691. The molecule has 0 atom stereocenters. The van der Waals surface area contributed by atoms with Gasteiger partial charge in [-0.05, 0) is 51.6 Å². The molecule has 0 unspecified atom stereocenters. The molecule has 1 N–H and O–H groups in total. The number of carboxylic acids is 1. The Hall–Kier alpha value is -1.09. The summed E-state index contributed by atoms with van der Waals surface area (Å²) in [7, 11) is 0. The highest BCUT2D eigenvalue weighted by atomic mass is 16.4. The summed E-state index contributed by atoms with van der Waals surface area (Å²) in [6, 6.07) is 0. The highest BCUT2D eigenvalue weighted by Crippen LogP contribution is 2.12. The molecule has 0 saturated heterocycles. The molecule has 0 spiro atoms. The van der Waals surface area contributed by atoms with Crippen LogP contribution >= 0.6 is 0 Å². The Bertz CT molecular complexity index is 353. The van der Waals surface area contributed by atoms with Gasteiger partial charge in [-0.15, -0.1) is 13.2 Å². The molecule has 0 bridgehead atoms. The number of rotatable bonds is 24. The first kappa shape index (κ1) is 27.9. The number of allylic oxidation sites excluding steroid dienone is 2. The van der Waals surface area contributed by atoms with E-state index in [1.165, 1.54) is 89.9 Å². The van der Waals surface area contributed by atoms with Crippen LogP contribution in [0.1, 0.15) is 116 Å². The Morgan fingerprint density at radius 3 is 1.21 bits per heavy atom. The third-order valence-electron chi connectivity index (χ3n) is 5.62. The summed E-state index contributed by atoms with van der Waals surface area (Å²) in [5, 5.41) is 9.15. The molecule has 0 rings (SSSR count). The van der Waals surface area contributed by atoms with Crippen molar-refractivity contribution >= 4 is 5.97 Å². The van der Waals surface area contributed by atoms with E-state index in [-0.39, 0.29) is 6.54 Å². The van der Waals surface area contributed by atoms with Crippen molar-refractivity contribution in [2.24, 2.45) is 0 Å². The van der Waals surface area contributed by atoms with Crippen molar-refractivity contribution in [1.82, 2.24) is 4.90 Å². The number of carboxylic acid groups (broad SMARTS) is 1. The van der Waals surface area contributed by atoms with E-state index in [1.807, 2.05) is 12.2 Å². The van der Waals surface area contributed by atoms with E-state index >= 15 is 0 Å². The van der Waals surface area contributed by atoms with Crippen LogP contribution in [0.25, 0.3) is 0 Å². The van der Waals surface area contributed by atoms with E-state index in [1.54, 1.807) is 0 Å². The Labute approximate surface area is 181 Å². The van der Waals surface area contributed by atoms with Crippen molar-refractivity contribution in [2.75, 3.05) is 19.6 Å². The fraction of sp³-hybridized carbons (Fsp3) is 0.808. The minimum atomic E-state index is -0.691. The van der Waals surface area contributed by atoms with Gasteiger partial charge in [0.1, 0.15) is 0 Å². The molecule has 0 aromatic carbocycles. The summed E-state index contributed by atoms with van der Waals surface area (Å²) in [5.41, 5.74) is 0. The minimum absolute atomic E-state index is 0.201. The summed E-state index contributed by atoms with van der Waals surface area (Å²) in [6.45, 7) is 9.61. The third-order valence-corrected chi connectivity index (χ3v) is 5.62. The molecule has 0 saturated carbocycles. The quantitative estimate of drug-likeness (QED) is 0.131. The Kier molecular flexibility index (Phi) is 22.3.